The third kappa shape index (κ3) is 5.03. The van der Waals surface area contributed by atoms with Crippen LogP contribution in [0.15, 0.2) is 48.5 Å². The lowest BCUT2D eigenvalue weighted by atomic mass is 10.1. The molecule has 0 heterocycles. The number of nitrogens with zero attached hydrogens (tertiary/aromatic N) is 1. The van der Waals surface area contributed by atoms with Crippen molar-refractivity contribution in [3.63, 3.8) is 0 Å². The first-order chi connectivity index (χ1) is 11.7. The fourth-order valence-electron chi connectivity index (χ4n) is 2.07. The van der Waals surface area contributed by atoms with E-state index in [-0.39, 0.29) is 12.1 Å². The van der Waals surface area contributed by atoms with E-state index in [0.717, 1.165) is 35.2 Å². The molecule has 0 saturated heterocycles. The van der Waals surface area contributed by atoms with Gasteiger partial charge in [0.2, 0.25) is 5.91 Å². The summed E-state index contributed by atoms with van der Waals surface area (Å²) < 4.78 is 50.9. The van der Waals surface area contributed by atoms with Crippen LogP contribution in [0.1, 0.15) is 15.9 Å². The van der Waals surface area contributed by atoms with Gasteiger partial charge in [0.25, 0.3) is 5.91 Å². The summed E-state index contributed by atoms with van der Waals surface area (Å²) in [5.74, 6) is -1.75. The molecule has 2 rings (SSSR count). The highest BCUT2D eigenvalue weighted by Gasteiger charge is 2.31. The smallest absolute Gasteiger partial charge is 0.332 e. The van der Waals surface area contributed by atoms with Crippen LogP contribution in [0.2, 0.25) is 0 Å². The fraction of sp³-hybridized carbons (Fsp3) is 0.176. The molecule has 0 spiro atoms. The number of amides is 2. The number of rotatable bonds is 4. The minimum Gasteiger partial charge on any atom is -0.332 e. The maximum absolute atomic E-state index is 12.8. The number of halogens is 4. The van der Waals surface area contributed by atoms with Crippen molar-refractivity contribution in [2.24, 2.45) is 0 Å². The third-order valence-corrected chi connectivity index (χ3v) is 3.29. The number of anilines is 1. The van der Waals surface area contributed by atoms with Crippen molar-refractivity contribution in [1.29, 1.82) is 0 Å². The second-order valence-electron chi connectivity index (χ2n) is 5.29. The highest BCUT2D eigenvalue weighted by atomic mass is 19.4. The van der Waals surface area contributed by atoms with Crippen LogP contribution in [0, 0.1) is 5.82 Å². The standard InChI is InChI=1S/C17H14F4N2O2/c1-23(10-15(24)22-14-7-5-13(18)6-8-14)16(25)11-3-2-4-12(9-11)17(19,20)21/h2-9H,10H2,1H3,(H,22,24). The molecule has 2 aromatic rings. The largest absolute Gasteiger partial charge is 0.416 e. The molecule has 2 amide bonds. The van der Waals surface area contributed by atoms with E-state index in [2.05, 4.69) is 5.32 Å². The average Bonchev–Trinajstić information content (AvgIpc) is 2.55. The van der Waals surface area contributed by atoms with Gasteiger partial charge in [-0.25, -0.2) is 4.39 Å². The molecule has 0 fully saturated rings. The predicted molar refractivity (Wildman–Crippen MR) is 83.4 cm³/mol. The number of likely N-dealkylation sites (N-methyl/N-ethyl adjacent to an activating group) is 1. The molecule has 25 heavy (non-hydrogen) atoms. The molecular formula is C17H14F4N2O2. The Balaban J connectivity index is 2.02. The Kier molecular flexibility index (Phi) is 5.41. The van der Waals surface area contributed by atoms with Gasteiger partial charge >= 0.3 is 6.18 Å². The van der Waals surface area contributed by atoms with Gasteiger partial charge in [0.05, 0.1) is 12.1 Å². The van der Waals surface area contributed by atoms with Crippen LogP contribution < -0.4 is 5.32 Å². The zero-order chi connectivity index (χ0) is 18.6. The molecule has 132 valence electrons. The summed E-state index contributed by atoms with van der Waals surface area (Å²) in [6, 6.07) is 8.98. The number of hydrogen-bond acceptors (Lipinski definition) is 2. The van der Waals surface area contributed by atoms with Crippen LogP contribution in [0.3, 0.4) is 0 Å². The monoisotopic (exact) mass is 354 g/mol. The Hall–Kier alpha value is -2.90. The van der Waals surface area contributed by atoms with Crippen LogP contribution in [0.5, 0.6) is 0 Å². The van der Waals surface area contributed by atoms with Gasteiger partial charge < -0.3 is 10.2 Å². The predicted octanol–water partition coefficient (Wildman–Crippen LogP) is 3.56. The maximum Gasteiger partial charge on any atom is 0.416 e. The number of carbonyl (C=O) groups is 2. The van der Waals surface area contributed by atoms with Crippen LogP contribution >= 0.6 is 0 Å². The molecule has 0 unspecified atom stereocenters. The van der Waals surface area contributed by atoms with Crippen molar-refractivity contribution in [3.8, 4) is 0 Å². The van der Waals surface area contributed by atoms with E-state index in [1.54, 1.807) is 0 Å². The SMILES string of the molecule is CN(CC(=O)Nc1ccc(F)cc1)C(=O)c1cccc(C(F)(F)F)c1. The van der Waals surface area contributed by atoms with E-state index in [1.165, 1.54) is 25.2 Å². The highest BCUT2D eigenvalue weighted by Crippen LogP contribution is 2.29. The molecule has 0 saturated carbocycles. The Morgan fingerprint density at radius 2 is 1.72 bits per heavy atom. The van der Waals surface area contributed by atoms with E-state index in [0.29, 0.717) is 5.69 Å². The van der Waals surface area contributed by atoms with Gasteiger partial charge in [-0.2, -0.15) is 13.2 Å². The van der Waals surface area contributed by atoms with Crippen LogP contribution in [-0.2, 0) is 11.0 Å². The van der Waals surface area contributed by atoms with Gasteiger partial charge in [0.1, 0.15) is 5.82 Å². The molecule has 1 N–H and O–H groups in total. The summed E-state index contributed by atoms with van der Waals surface area (Å²) >= 11 is 0. The van der Waals surface area contributed by atoms with Crippen molar-refractivity contribution < 1.29 is 27.2 Å². The first-order valence-electron chi connectivity index (χ1n) is 7.15. The van der Waals surface area contributed by atoms with Crippen molar-refractivity contribution in [3.05, 3.63) is 65.5 Å². The highest BCUT2D eigenvalue weighted by molar-refractivity contribution is 5.99. The second-order valence-corrected chi connectivity index (χ2v) is 5.29. The lowest BCUT2D eigenvalue weighted by Crippen LogP contribution is -2.35. The fourth-order valence-corrected chi connectivity index (χ4v) is 2.07. The van der Waals surface area contributed by atoms with E-state index < -0.39 is 29.4 Å². The molecule has 0 atom stereocenters. The van der Waals surface area contributed by atoms with E-state index in [4.69, 9.17) is 0 Å². The summed E-state index contributed by atoms with van der Waals surface area (Å²) in [5, 5.41) is 2.46. The number of carbonyl (C=O) groups excluding carboxylic acids is 2. The molecule has 0 aromatic heterocycles. The zero-order valence-electron chi connectivity index (χ0n) is 13.1. The number of alkyl halides is 3. The van der Waals surface area contributed by atoms with Gasteiger partial charge in [0.15, 0.2) is 0 Å². The lowest BCUT2D eigenvalue weighted by Gasteiger charge is -2.17. The summed E-state index contributed by atoms with van der Waals surface area (Å²) in [4.78, 5) is 25.1. The molecular weight excluding hydrogens is 340 g/mol. The molecule has 0 aliphatic rings. The first-order valence-corrected chi connectivity index (χ1v) is 7.15. The van der Waals surface area contributed by atoms with Gasteiger partial charge in [-0.15, -0.1) is 0 Å². The van der Waals surface area contributed by atoms with E-state index >= 15 is 0 Å². The quantitative estimate of drug-likeness (QED) is 0.854. The van der Waals surface area contributed by atoms with Gasteiger partial charge in [-0.05, 0) is 42.5 Å². The lowest BCUT2D eigenvalue weighted by molar-refractivity contribution is -0.137. The van der Waals surface area contributed by atoms with Crippen LogP contribution in [0.25, 0.3) is 0 Å². The van der Waals surface area contributed by atoms with Crippen molar-refractivity contribution in [1.82, 2.24) is 4.90 Å². The van der Waals surface area contributed by atoms with Crippen LogP contribution in [-0.4, -0.2) is 30.3 Å². The first kappa shape index (κ1) is 18.4. The molecule has 4 nitrogen and oxygen atoms in total. The summed E-state index contributed by atoms with van der Waals surface area (Å²) in [6.45, 7) is -0.369. The summed E-state index contributed by atoms with van der Waals surface area (Å²) in [5.41, 5.74) is -0.777. The van der Waals surface area contributed by atoms with Gasteiger partial charge in [-0.3, -0.25) is 9.59 Å². The molecule has 2 aromatic carbocycles. The number of hydrogen-bond donors (Lipinski definition) is 1. The Bertz CT molecular complexity index is 773. The van der Waals surface area contributed by atoms with Crippen molar-refractivity contribution in [2.75, 3.05) is 18.9 Å². The molecule has 0 aliphatic carbocycles. The van der Waals surface area contributed by atoms with Crippen molar-refractivity contribution in [2.45, 2.75) is 6.18 Å². The van der Waals surface area contributed by atoms with Crippen molar-refractivity contribution >= 4 is 17.5 Å². The molecule has 8 heteroatoms. The van der Waals surface area contributed by atoms with Crippen LogP contribution in [0.4, 0.5) is 23.2 Å². The molecule has 0 radical (unpaired) electrons. The second kappa shape index (κ2) is 7.33. The summed E-state index contributed by atoms with van der Waals surface area (Å²) in [6.07, 6.45) is -4.56. The number of benzene rings is 2. The van der Waals surface area contributed by atoms with E-state index in [9.17, 15) is 27.2 Å². The Morgan fingerprint density at radius 1 is 1.08 bits per heavy atom. The van der Waals surface area contributed by atoms with Gasteiger partial charge in [-0.1, -0.05) is 6.07 Å². The topological polar surface area (TPSA) is 49.4 Å². The average molecular weight is 354 g/mol. The normalized spacial score (nSPS) is 11.1. The minimum atomic E-state index is -4.56. The third-order valence-electron chi connectivity index (χ3n) is 3.29. The minimum absolute atomic E-state index is 0.174. The Labute approximate surface area is 141 Å². The maximum atomic E-state index is 12.8. The van der Waals surface area contributed by atoms with Gasteiger partial charge in [0, 0.05) is 18.3 Å². The summed E-state index contributed by atoms with van der Waals surface area (Å²) in [7, 11) is 1.30. The number of nitrogens with one attached hydrogen (secondary N) is 1. The molecule has 0 aliphatic heterocycles. The zero-order valence-corrected chi connectivity index (χ0v) is 13.1. The molecule has 0 bridgehead atoms. The Morgan fingerprint density at radius 3 is 2.32 bits per heavy atom. The van der Waals surface area contributed by atoms with E-state index in [1.807, 2.05) is 0 Å².